The zero-order valence-electron chi connectivity index (χ0n) is 16.7. The molecule has 5 nitrogen and oxygen atoms in total. The van der Waals surface area contributed by atoms with Gasteiger partial charge in [-0.25, -0.2) is 14.0 Å². The highest BCUT2D eigenvalue weighted by atomic mass is 35.5. The van der Waals surface area contributed by atoms with E-state index in [0.29, 0.717) is 24.3 Å². The largest absolute Gasteiger partial charge is 0.444 e. The summed E-state index contributed by atoms with van der Waals surface area (Å²) in [5, 5.41) is 3.17. The number of hydrogen-bond donors (Lipinski definition) is 1. The maximum Gasteiger partial charge on any atom is 0.410 e. The molecular formula is C22H25ClFNO4. The van der Waals surface area contributed by atoms with Crippen LogP contribution >= 0.6 is 11.6 Å². The predicted octanol–water partition coefficient (Wildman–Crippen LogP) is 5.51. The van der Waals surface area contributed by atoms with Crippen molar-refractivity contribution in [3.63, 3.8) is 0 Å². The lowest BCUT2D eigenvalue weighted by Gasteiger charge is -2.24. The fourth-order valence-corrected chi connectivity index (χ4v) is 2.82. The molecule has 0 bridgehead atoms. The number of carbonyl (C=O) groups is 2. The Balaban J connectivity index is 2.02. The van der Waals surface area contributed by atoms with Gasteiger partial charge >= 0.3 is 12.1 Å². The molecule has 2 aromatic carbocycles. The van der Waals surface area contributed by atoms with Crippen molar-refractivity contribution in [1.82, 2.24) is 5.32 Å². The third-order valence-electron chi connectivity index (χ3n) is 3.84. The van der Waals surface area contributed by atoms with Crippen LogP contribution in [-0.2, 0) is 15.9 Å². The Morgan fingerprint density at radius 3 is 2.52 bits per heavy atom. The van der Waals surface area contributed by atoms with Crippen molar-refractivity contribution in [1.29, 1.82) is 0 Å². The second kappa shape index (κ2) is 10.3. The molecule has 29 heavy (non-hydrogen) atoms. The molecule has 0 aromatic heterocycles. The zero-order valence-corrected chi connectivity index (χ0v) is 17.5. The summed E-state index contributed by atoms with van der Waals surface area (Å²) in [6.45, 7) is 5.18. The van der Waals surface area contributed by atoms with E-state index in [1.807, 2.05) is 18.2 Å². The Morgan fingerprint density at radius 1 is 1.14 bits per heavy atom. The van der Waals surface area contributed by atoms with Gasteiger partial charge in [0.15, 0.2) is 6.23 Å². The predicted molar refractivity (Wildman–Crippen MR) is 109 cm³/mol. The van der Waals surface area contributed by atoms with Crippen LogP contribution in [0.4, 0.5) is 9.18 Å². The van der Waals surface area contributed by atoms with Crippen LogP contribution in [0.2, 0.25) is 5.02 Å². The van der Waals surface area contributed by atoms with Gasteiger partial charge in [-0.1, -0.05) is 35.9 Å². The first-order valence-electron chi connectivity index (χ1n) is 9.33. The van der Waals surface area contributed by atoms with Gasteiger partial charge in [0.05, 0.1) is 5.56 Å². The zero-order chi connectivity index (χ0) is 21.4. The lowest BCUT2D eigenvalue weighted by atomic mass is 10.1. The molecule has 0 aliphatic carbocycles. The average Bonchev–Trinajstić information content (AvgIpc) is 2.60. The summed E-state index contributed by atoms with van der Waals surface area (Å²) in [5.41, 5.74) is 0.123. The molecule has 7 heteroatoms. The van der Waals surface area contributed by atoms with Crippen molar-refractivity contribution in [2.45, 2.75) is 51.9 Å². The number of esters is 1. The number of benzene rings is 2. The van der Waals surface area contributed by atoms with Gasteiger partial charge in [0, 0.05) is 11.4 Å². The summed E-state index contributed by atoms with van der Waals surface area (Å²) in [6, 6.07) is 12.9. The molecule has 2 rings (SSSR count). The van der Waals surface area contributed by atoms with Crippen molar-refractivity contribution in [2.24, 2.45) is 0 Å². The van der Waals surface area contributed by atoms with Gasteiger partial charge in [0.1, 0.15) is 11.4 Å². The van der Waals surface area contributed by atoms with E-state index in [1.165, 1.54) is 24.3 Å². The van der Waals surface area contributed by atoms with Crippen LogP contribution in [0.25, 0.3) is 0 Å². The van der Waals surface area contributed by atoms with Gasteiger partial charge in [-0.15, -0.1) is 0 Å². The van der Waals surface area contributed by atoms with E-state index >= 15 is 0 Å². The molecule has 0 fully saturated rings. The van der Waals surface area contributed by atoms with Crippen molar-refractivity contribution in [3.8, 4) is 0 Å². The summed E-state index contributed by atoms with van der Waals surface area (Å²) in [7, 11) is 0. The van der Waals surface area contributed by atoms with Crippen LogP contribution in [-0.4, -0.2) is 23.9 Å². The molecular weight excluding hydrogens is 397 g/mol. The lowest BCUT2D eigenvalue weighted by Crippen LogP contribution is -2.41. The minimum absolute atomic E-state index is 0.196. The lowest BCUT2D eigenvalue weighted by molar-refractivity contribution is 0.00733. The minimum atomic E-state index is -0.962. The summed E-state index contributed by atoms with van der Waals surface area (Å²) >= 11 is 5.99. The smallest absolute Gasteiger partial charge is 0.410 e. The molecule has 0 saturated carbocycles. The first-order valence-corrected chi connectivity index (χ1v) is 9.71. The Bertz CT molecular complexity index is 851. The standard InChI is InChI=1S/C22H25ClFNO4/c1-22(2,3)29-21(27)25-19(13-7-9-15-8-6-10-16(23)14-15)28-20(26)17-11-4-5-12-18(17)24/h4-6,8,10-12,14,19H,7,9,13H2,1-3H3,(H,25,27). The van der Waals surface area contributed by atoms with Crippen molar-refractivity contribution < 1.29 is 23.5 Å². The van der Waals surface area contributed by atoms with E-state index in [1.54, 1.807) is 26.8 Å². The van der Waals surface area contributed by atoms with E-state index < -0.39 is 29.7 Å². The maximum atomic E-state index is 13.9. The third kappa shape index (κ3) is 8.11. The second-order valence-corrected chi connectivity index (χ2v) is 7.98. The number of alkyl carbamates (subject to hydrolysis) is 1. The second-order valence-electron chi connectivity index (χ2n) is 7.54. The Kier molecular flexibility index (Phi) is 8.02. The van der Waals surface area contributed by atoms with Crippen LogP contribution in [0.1, 0.15) is 49.5 Å². The minimum Gasteiger partial charge on any atom is -0.444 e. The number of ether oxygens (including phenoxy) is 2. The van der Waals surface area contributed by atoms with Gasteiger partial charge in [-0.05, 0) is 63.4 Å². The molecule has 2 aromatic rings. The number of aryl methyl sites for hydroxylation is 1. The topological polar surface area (TPSA) is 64.6 Å². The third-order valence-corrected chi connectivity index (χ3v) is 4.08. The number of hydrogen-bond acceptors (Lipinski definition) is 4. The molecule has 0 heterocycles. The van der Waals surface area contributed by atoms with Crippen LogP contribution < -0.4 is 5.32 Å². The van der Waals surface area contributed by atoms with Gasteiger partial charge < -0.3 is 9.47 Å². The molecule has 0 aliphatic heterocycles. The molecule has 0 spiro atoms. The van der Waals surface area contributed by atoms with Crippen molar-refractivity contribution in [3.05, 3.63) is 70.5 Å². The first kappa shape index (κ1) is 22.7. The van der Waals surface area contributed by atoms with Crippen molar-refractivity contribution in [2.75, 3.05) is 0 Å². The quantitative estimate of drug-likeness (QED) is 0.473. The van der Waals surface area contributed by atoms with E-state index in [-0.39, 0.29) is 5.56 Å². The van der Waals surface area contributed by atoms with E-state index in [0.717, 1.165) is 5.56 Å². The monoisotopic (exact) mass is 421 g/mol. The van der Waals surface area contributed by atoms with Gasteiger partial charge in [0.25, 0.3) is 0 Å². The van der Waals surface area contributed by atoms with Crippen LogP contribution in [0.15, 0.2) is 48.5 Å². The number of amides is 1. The van der Waals surface area contributed by atoms with E-state index in [9.17, 15) is 14.0 Å². The number of nitrogens with one attached hydrogen (secondary N) is 1. The molecule has 1 atom stereocenters. The summed E-state index contributed by atoms with van der Waals surface area (Å²) in [6.07, 6.45) is -0.0792. The van der Waals surface area contributed by atoms with Gasteiger partial charge in [-0.2, -0.15) is 0 Å². The number of halogens is 2. The average molecular weight is 422 g/mol. The highest BCUT2D eigenvalue weighted by Gasteiger charge is 2.23. The Labute approximate surface area is 175 Å². The first-order chi connectivity index (χ1) is 13.6. The highest BCUT2D eigenvalue weighted by molar-refractivity contribution is 6.30. The number of carbonyl (C=O) groups excluding carboxylic acids is 2. The van der Waals surface area contributed by atoms with Crippen LogP contribution in [0, 0.1) is 5.82 Å². The van der Waals surface area contributed by atoms with Crippen LogP contribution in [0.3, 0.4) is 0 Å². The van der Waals surface area contributed by atoms with E-state index in [2.05, 4.69) is 5.32 Å². The summed E-state index contributed by atoms with van der Waals surface area (Å²) < 4.78 is 24.4. The SMILES string of the molecule is CC(C)(C)OC(=O)NC(CCCc1cccc(Cl)c1)OC(=O)c1ccccc1F. The highest BCUT2D eigenvalue weighted by Crippen LogP contribution is 2.16. The molecule has 1 amide bonds. The molecule has 0 saturated heterocycles. The molecule has 1 unspecified atom stereocenters. The maximum absolute atomic E-state index is 13.9. The number of rotatable bonds is 7. The molecule has 0 aliphatic rings. The van der Waals surface area contributed by atoms with E-state index in [4.69, 9.17) is 21.1 Å². The molecule has 156 valence electrons. The molecule has 1 N–H and O–H groups in total. The fraction of sp³-hybridized carbons (Fsp3) is 0.364. The fourth-order valence-electron chi connectivity index (χ4n) is 2.60. The van der Waals surface area contributed by atoms with Crippen molar-refractivity contribution >= 4 is 23.7 Å². The Hall–Kier alpha value is -2.60. The normalized spacial score (nSPS) is 12.2. The Morgan fingerprint density at radius 2 is 1.86 bits per heavy atom. The van der Waals surface area contributed by atoms with Gasteiger partial charge in [-0.3, -0.25) is 5.32 Å². The van der Waals surface area contributed by atoms with Crippen LogP contribution in [0.5, 0.6) is 0 Å². The molecule has 0 radical (unpaired) electrons. The van der Waals surface area contributed by atoms with Gasteiger partial charge in [0.2, 0.25) is 0 Å². The summed E-state index contributed by atoms with van der Waals surface area (Å²) in [4.78, 5) is 24.5. The summed E-state index contributed by atoms with van der Waals surface area (Å²) in [5.74, 6) is -1.54.